The summed E-state index contributed by atoms with van der Waals surface area (Å²) in [6.45, 7) is 0. The van der Waals surface area contributed by atoms with Gasteiger partial charge in [0.25, 0.3) is 0 Å². The van der Waals surface area contributed by atoms with Crippen LogP contribution in [0.1, 0.15) is 20.7 Å². The molecule has 0 atom stereocenters. The zero-order valence-corrected chi connectivity index (χ0v) is 8.96. The molecule has 1 aromatic carbocycles. The molecule has 14 heavy (non-hydrogen) atoms. The fourth-order valence-corrected chi connectivity index (χ4v) is 1.61. The van der Waals surface area contributed by atoms with Gasteiger partial charge in [-0.1, -0.05) is 11.6 Å². The fraction of sp³-hybridized carbons (Fsp3) is 0. The molecule has 6 heteroatoms. The summed E-state index contributed by atoms with van der Waals surface area (Å²) in [5, 5.41) is 17.6. The van der Waals surface area contributed by atoms with E-state index in [1.54, 1.807) is 0 Å². The third-order valence-electron chi connectivity index (χ3n) is 1.54. The van der Waals surface area contributed by atoms with Gasteiger partial charge in [0, 0.05) is 0 Å². The summed E-state index contributed by atoms with van der Waals surface area (Å²) in [7, 11) is 0. The predicted octanol–water partition coefficient (Wildman–Crippen LogP) is 2.50. The topological polar surface area (TPSA) is 74.6 Å². The van der Waals surface area contributed by atoms with Crippen LogP contribution in [-0.4, -0.2) is 22.2 Å². The SMILES string of the molecule is O=C(O)c1ccc(Cl)c(Br)c1C(=O)O. The normalized spacial score (nSPS) is 9.86. The Labute approximate surface area is 92.2 Å². The van der Waals surface area contributed by atoms with Gasteiger partial charge in [-0.15, -0.1) is 0 Å². The Morgan fingerprint density at radius 1 is 1.21 bits per heavy atom. The summed E-state index contributed by atoms with van der Waals surface area (Å²) in [4.78, 5) is 21.4. The van der Waals surface area contributed by atoms with E-state index >= 15 is 0 Å². The van der Waals surface area contributed by atoms with Crippen molar-refractivity contribution < 1.29 is 19.8 Å². The van der Waals surface area contributed by atoms with Gasteiger partial charge in [-0.25, -0.2) is 9.59 Å². The lowest BCUT2D eigenvalue weighted by molar-refractivity contribution is 0.0650. The molecule has 2 N–H and O–H groups in total. The first-order chi connectivity index (χ1) is 6.45. The summed E-state index contributed by atoms with van der Waals surface area (Å²) in [6, 6.07) is 2.47. The molecule has 1 aromatic rings. The number of halogens is 2. The van der Waals surface area contributed by atoms with Crippen LogP contribution < -0.4 is 0 Å². The molecule has 0 bridgehead atoms. The van der Waals surface area contributed by atoms with Gasteiger partial charge in [0.1, 0.15) is 0 Å². The first-order valence-corrected chi connectivity index (χ1v) is 4.57. The van der Waals surface area contributed by atoms with Crippen molar-refractivity contribution in [3.63, 3.8) is 0 Å². The minimum atomic E-state index is -1.34. The minimum absolute atomic E-state index is 0.0755. The van der Waals surface area contributed by atoms with Gasteiger partial charge in [0.2, 0.25) is 0 Å². The van der Waals surface area contributed by atoms with Crippen molar-refractivity contribution in [2.45, 2.75) is 0 Å². The number of aromatic carboxylic acids is 2. The Morgan fingerprint density at radius 3 is 2.21 bits per heavy atom. The van der Waals surface area contributed by atoms with Crippen LogP contribution in [0.3, 0.4) is 0 Å². The van der Waals surface area contributed by atoms with Crippen molar-refractivity contribution >= 4 is 39.5 Å². The molecule has 4 nitrogen and oxygen atoms in total. The molecule has 0 saturated carbocycles. The van der Waals surface area contributed by atoms with Gasteiger partial charge < -0.3 is 10.2 Å². The maximum Gasteiger partial charge on any atom is 0.337 e. The maximum atomic E-state index is 10.7. The van der Waals surface area contributed by atoms with Gasteiger partial charge in [-0.2, -0.15) is 0 Å². The second kappa shape index (κ2) is 3.98. The molecule has 0 saturated heterocycles. The summed E-state index contributed by atoms with van der Waals surface area (Å²) in [6.07, 6.45) is 0. The van der Waals surface area contributed by atoms with Gasteiger partial charge >= 0.3 is 11.9 Å². The standard InChI is InChI=1S/C8H4BrClO4/c9-6-4(10)2-1-3(7(11)12)5(6)8(13)14/h1-2H,(H,11,12)(H,13,14). The van der Waals surface area contributed by atoms with Gasteiger partial charge in [-0.3, -0.25) is 0 Å². The Bertz CT molecular complexity index is 416. The predicted molar refractivity (Wildman–Crippen MR) is 53.1 cm³/mol. The molecule has 0 spiro atoms. The average molecular weight is 279 g/mol. The van der Waals surface area contributed by atoms with E-state index in [0.717, 1.165) is 6.07 Å². The van der Waals surface area contributed by atoms with Crippen molar-refractivity contribution in [2.75, 3.05) is 0 Å². The van der Waals surface area contributed by atoms with Crippen LogP contribution in [-0.2, 0) is 0 Å². The average Bonchev–Trinajstić information content (AvgIpc) is 2.08. The molecular weight excluding hydrogens is 275 g/mol. The smallest absolute Gasteiger partial charge is 0.337 e. The van der Waals surface area contributed by atoms with Crippen LogP contribution >= 0.6 is 27.5 Å². The summed E-state index contributed by atoms with van der Waals surface area (Å²) in [5.74, 6) is -2.64. The van der Waals surface area contributed by atoms with E-state index in [0.29, 0.717) is 0 Å². The number of rotatable bonds is 2. The van der Waals surface area contributed by atoms with E-state index in [2.05, 4.69) is 15.9 Å². The summed E-state index contributed by atoms with van der Waals surface area (Å²) < 4.78 is 0.0755. The minimum Gasteiger partial charge on any atom is -0.478 e. The number of benzene rings is 1. The molecule has 0 heterocycles. The third-order valence-corrected chi connectivity index (χ3v) is 2.91. The van der Waals surface area contributed by atoms with Crippen LogP contribution in [0, 0.1) is 0 Å². The first kappa shape index (κ1) is 11.0. The first-order valence-electron chi connectivity index (χ1n) is 3.39. The highest BCUT2D eigenvalue weighted by Gasteiger charge is 2.20. The lowest BCUT2D eigenvalue weighted by atomic mass is 10.1. The van der Waals surface area contributed by atoms with Crippen molar-refractivity contribution in [3.05, 3.63) is 32.8 Å². The van der Waals surface area contributed by atoms with Crippen molar-refractivity contribution in [2.24, 2.45) is 0 Å². The molecule has 0 unspecified atom stereocenters. The molecule has 0 aromatic heterocycles. The Morgan fingerprint density at radius 2 is 1.79 bits per heavy atom. The van der Waals surface area contributed by atoms with Crippen LogP contribution in [0.4, 0.5) is 0 Å². The molecule has 0 fully saturated rings. The van der Waals surface area contributed by atoms with Gasteiger partial charge in [-0.05, 0) is 28.1 Å². The molecule has 0 aliphatic rings. The number of hydrogen-bond acceptors (Lipinski definition) is 2. The van der Waals surface area contributed by atoms with E-state index in [-0.39, 0.29) is 20.6 Å². The van der Waals surface area contributed by atoms with E-state index in [1.807, 2.05) is 0 Å². The van der Waals surface area contributed by atoms with E-state index in [9.17, 15) is 9.59 Å². The zero-order chi connectivity index (χ0) is 10.9. The largest absolute Gasteiger partial charge is 0.478 e. The van der Waals surface area contributed by atoms with Crippen LogP contribution in [0.2, 0.25) is 5.02 Å². The van der Waals surface area contributed by atoms with E-state index in [1.165, 1.54) is 6.07 Å². The van der Waals surface area contributed by atoms with Crippen LogP contribution in [0.15, 0.2) is 16.6 Å². The van der Waals surface area contributed by atoms with E-state index < -0.39 is 11.9 Å². The number of carbonyl (C=O) groups is 2. The fourth-order valence-electron chi connectivity index (χ4n) is 0.938. The van der Waals surface area contributed by atoms with Crippen molar-refractivity contribution in [1.29, 1.82) is 0 Å². The monoisotopic (exact) mass is 278 g/mol. The third kappa shape index (κ3) is 1.88. The quantitative estimate of drug-likeness (QED) is 0.872. The summed E-state index contributed by atoms with van der Waals surface area (Å²) >= 11 is 8.56. The highest BCUT2D eigenvalue weighted by atomic mass is 79.9. The lowest BCUT2D eigenvalue weighted by Gasteiger charge is -2.04. The highest BCUT2D eigenvalue weighted by molar-refractivity contribution is 9.10. The Balaban J connectivity index is 3.53. The molecular formula is C8H4BrClO4. The molecule has 0 radical (unpaired) electrons. The van der Waals surface area contributed by atoms with E-state index in [4.69, 9.17) is 21.8 Å². The Hall–Kier alpha value is -1.07. The second-order valence-electron chi connectivity index (χ2n) is 2.39. The van der Waals surface area contributed by atoms with Crippen LogP contribution in [0.5, 0.6) is 0 Å². The molecule has 0 amide bonds. The number of carboxylic acids is 2. The maximum absolute atomic E-state index is 10.7. The zero-order valence-electron chi connectivity index (χ0n) is 6.62. The van der Waals surface area contributed by atoms with Gasteiger partial charge in [0.05, 0.1) is 20.6 Å². The molecule has 74 valence electrons. The van der Waals surface area contributed by atoms with Crippen molar-refractivity contribution in [1.82, 2.24) is 0 Å². The van der Waals surface area contributed by atoms with Crippen molar-refractivity contribution in [3.8, 4) is 0 Å². The van der Waals surface area contributed by atoms with Crippen LogP contribution in [0.25, 0.3) is 0 Å². The second-order valence-corrected chi connectivity index (χ2v) is 3.59. The molecule has 0 aliphatic carbocycles. The Kier molecular flexibility index (Phi) is 3.13. The van der Waals surface area contributed by atoms with Gasteiger partial charge in [0.15, 0.2) is 0 Å². The molecule has 0 aliphatic heterocycles. The summed E-state index contributed by atoms with van der Waals surface area (Å²) in [5.41, 5.74) is -0.640. The number of carboxylic acid groups (broad SMARTS) is 2. The molecule has 1 rings (SSSR count). The highest BCUT2D eigenvalue weighted by Crippen LogP contribution is 2.29. The number of hydrogen-bond donors (Lipinski definition) is 2. The lowest BCUT2D eigenvalue weighted by Crippen LogP contribution is -2.08.